The third-order valence-corrected chi connectivity index (χ3v) is 4.60. The first-order valence-electron chi connectivity index (χ1n) is 6.38. The molecule has 0 aromatic heterocycles. The standard InChI is InChI=1S/C13H16ClF2NO3S/c1-4-8(3)17(5-2)13(18)9-6-10(15)11(16)7-12(9)21(14,19)20/h6-8H,4-5H2,1-3H3. The molecule has 1 aromatic carbocycles. The van der Waals surface area contributed by atoms with Crippen molar-refractivity contribution in [3.05, 3.63) is 29.3 Å². The highest BCUT2D eigenvalue weighted by Crippen LogP contribution is 2.25. The fourth-order valence-corrected chi connectivity index (χ4v) is 2.96. The topological polar surface area (TPSA) is 54.5 Å². The molecule has 0 fully saturated rings. The summed E-state index contributed by atoms with van der Waals surface area (Å²) in [6, 6.07) is 0.814. The molecule has 118 valence electrons. The normalized spacial score (nSPS) is 13.0. The summed E-state index contributed by atoms with van der Waals surface area (Å²) >= 11 is 0. The van der Waals surface area contributed by atoms with E-state index in [0.717, 1.165) is 0 Å². The van der Waals surface area contributed by atoms with Crippen molar-refractivity contribution in [2.24, 2.45) is 0 Å². The zero-order valence-electron chi connectivity index (χ0n) is 11.9. The maximum absolute atomic E-state index is 13.4. The molecule has 0 aliphatic carbocycles. The fraction of sp³-hybridized carbons (Fsp3) is 0.462. The number of hydrogen-bond donors (Lipinski definition) is 0. The summed E-state index contributed by atoms with van der Waals surface area (Å²) in [6.45, 7) is 5.63. The SMILES string of the molecule is CCC(C)N(CC)C(=O)c1cc(F)c(F)cc1S(=O)(=O)Cl. The Morgan fingerprint density at radius 2 is 1.81 bits per heavy atom. The van der Waals surface area contributed by atoms with Crippen LogP contribution in [-0.2, 0) is 9.05 Å². The maximum Gasteiger partial charge on any atom is 0.262 e. The van der Waals surface area contributed by atoms with E-state index in [1.807, 2.05) is 6.92 Å². The van der Waals surface area contributed by atoms with E-state index in [0.29, 0.717) is 25.1 Å². The Bertz CT molecular complexity index is 649. The van der Waals surface area contributed by atoms with Crippen LogP contribution in [0.3, 0.4) is 0 Å². The summed E-state index contributed by atoms with van der Waals surface area (Å²) < 4.78 is 49.6. The van der Waals surface area contributed by atoms with E-state index in [2.05, 4.69) is 0 Å². The number of amides is 1. The van der Waals surface area contributed by atoms with Gasteiger partial charge in [-0.25, -0.2) is 17.2 Å². The van der Waals surface area contributed by atoms with Gasteiger partial charge in [0.1, 0.15) is 0 Å². The molecular formula is C13H16ClF2NO3S. The van der Waals surface area contributed by atoms with Gasteiger partial charge in [0.25, 0.3) is 15.0 Å². The van der Waals surface area contributed by atoms with Crippen molar-refractivity contribution < 1.29 is 22.0 Å². The van der Waals surface area contributed by atoms with E-state index >= 15 is 0 Å². The van der Waals surface area contributed by atoms with Gasteiger partial charge in [-0.2, -0.15) is 0 Å². The quantitative estimate of drug-likeness (QED) is 0.774. The van der Waals surface area contributed by atoms with Gasteiger partial charge >= 0.3 is 0 Å². The molecule has 4 nitrogen and oxygen atoms in total. The predicted molar refractivity (Wildman–Crippen MR) is 75.9 cm³/mol. The Labute approximate surface area is 127 Å². The van der Waals surface area contributed by atoms with Crippen molar-refractivity contribution >= 4 is 25.6 Å². The van der Waals surface area contributed by atoms with E-state index in [1.54, 1.807) is 13.8 Å². The van der Waals surface area contributed by atoms with E-state index < -0.39 is 37.1 Å². The molecule has 1 unspecified atom stereocenters. The van der Waals surface area contributed by atoms with Crippen molar-refractivity contribution in [3.8, 4) is 0 Å². The maximum atomic E-state index is 13.4. The Balaban J connectivity index is 3.48. The summed E-state index contributed by atoms with van der Waals surface area (Å²) in [4.78, 5) is 13.1. The summed E-state index contributed by atoms with van der Waals surface area (Å²) in [5.74, 6) is -3.38. The van der Waals surface area contributed by atoms with E-state index in [-0.39, 0.29) is 6.04 Å². The Morgan fingerprint density at radius 1 is 1.29 bits per heavy atom. The largest absolute Gasteiger partial charge is 0.336 e. The molecule has 1 rings (SSSR count). The molecule has 1 aromatic rings. The van der Waals surface area contributed by atoms with Gasteiger partial charge in [0, 0.05) is 23.3 Å². The lowest BCUT2D eigenvalue weighted by molar-refractivity contribution is 0.0695. The molecule has 0 bridgehead atoms. The van der Waals surface area contributed by atoms with Gasteiger partial charge in [0.05, 0.1) is 10.5 Å². The summed E-state index contributed by atoms with van der Waals surface area (Å²) in [7, 11) is 0.832. The molecule has 0 radical (unpaired) electrons. The number of hydrogen-bond acceptors (Lipinski definition) is 3. The van der Waals surface area contributed by atoms with Crippen molar-refractivity contribution in [3.63, 3.8) is 0 Å². The smallest absolute Gasteiger partial charge is 0.262 e. The third-order valence-electron chi connectivity index (χ3n) is 3.24. The lowest BCUT2D eigenvalue weighted by Gasteiger charge is -2.27. The first kappa shape index (κ1) is 17.8. The minimum absolute atomic E-state index is 0.179. The van der Waals surface area contributed by atoms with E-state index in [9.17, 15) is 22.0 Å². The number of halogens is 3. The number of carbonyl (C=O) groups excluding carboxylic acids is 1. The van der Waals surface area contributed by atoms with Gasteiger partial charge in [-0.3, -0.25) is 4.79 Å². The lowest BCUT2D eigenvalue weighted by Crippen LogP contribution is -2.38. The Morgan fingerprint density at radius 3 is 2.24 bits per heavy atom. The van der Waals surface area contributed by atoms with Gasteiger partial charge in [0.2, 0.25) is 0 Å². The van der Waals surface area contributed by atoms with Gasteiger partial charge < -0.3 is 4.90 Å². The van der Waals surface area contributed by atoms with Gasteiger partial charge in [-0.15, -0.1) is 0 Å². The van der Waals surface area contributed by atoms with Crippen LogP contribution in [0, 0.1) is 11.6 Å². The second-order valence-electron chi connectivity index (χ2n) is 4.55. The molecule has 1 amide bonds. The first-order valence-corrected chi connectivity index (χ1v) is 8.69. The van der Waals surface area contributed by atoms with Gasteiger partial charge in [-0.1, -0.05) is 6.92 Å². The van der Waals surface area contributed by atoms with Crippen molar-refractivity contribution in [1.29, 1.82) is 0 Å². The average Bonchev–Trinajstić information content (AvgIpc) is 2.40. The van der Waals surface area contributed by atoms with Crippen LogP contribution in [0.1, 0.15) is 37.6 Å². The number of nitrogens with zero attached hydrogens (tertiary/aromatic N) is 1. The zero-order valence-corrected chi connectivity index (χ0v) is 13.4. The summed E-state index contributed by atoms with van der Waals surface area (Å²) in [5, 5.41) is 0. The zero-order chi connectivity index (χ0) is 16.4. The number of carbonyl (C=O) groups is 1. The minimum atomic E-state index is -4.37. The van der Waals surface area contributed by atoms with Crippen LogP contribution in [0.2, 0.25) is 0 Å². The molecule has 0 N–H and O–H groups in total. The highest BCUT2D eigenvalue weighted by molar-refractivity contribution is 8.13. The molecule has 0 spiro atoms. The van der Waals surface area contributed by atoms with Crippen LogP contribution in [0.15, 0.2) is 17.0 Å². The monoisotopic (exact) mass is 339 g/mol. The number of benzene rings is 1. The lowest BCUT2D eigenvalue weighted by atomic mass is 10.1. The van der Waals surface area contributed by atoms with Crippen molar-refractivity contribution in [2.75, 3.05) is 6.54 Å². The van der Waals surface area contributed by atoms with E-state index in [4.69, 9.17) is 10.7 Å². The number of rotatable bonds is 5. The van der Waals surface area contributed by atoms with Crippen molar-refractivity contribution in [1.82, 2.24) is 4.90 Å². The fourth-order valence-electron chi connectivity index (χ4n) is 1.93. The predicted octanol–water partition coefficient (Wildman–Crippen LogP) is 3.15. The minimum Gasteiger partial charge on any atom is -0.336 e. The Hall–Kier alpha value is -1.21. The molecule has 0 heterocycles. The molecule has 0 aliphatic rings. The summed E-state index contributed by atoms with van der Waals surface area (Å²) in [5.41, 5.74) is -0.467. The average molecular weight is 340 g/mol. The van der Waals surface area contributed by atoms with Crippen LogP contribution >= 0.6 is 10.7 Å². The Kier molecular flexibility index (Phi) is 5.69. The molecule has 21 heavy (non-hydrogen) atoms. The van der Waals surface area contributed by atoms with Crippen LogP contribution in [0.4, 0.5) is 8.78 Å². The molecule has 1 atom stereocenters. The second-order valence-corrected chi connectivity index (χ2v) is 7.08. The van der Waals surface area contributed by atoms with Crippen molar-refractivity contribution in [2.45, 2.75) is 38.1 Å². The van der Waals surface area contributed by atoms with Crippen LogP contribution in [0.5, 0.6) is 0 Å². The van der Waals surface area contributed by atoms with Crippen LogP contribution in [0.25, 0.3) is 0 Å². The molecule has 0 aliphatic heterocycles. The molecule has 0 saturated carbocycles. The van der Waals surface area contributed by atoms with Gasteiger partial charge in [-0.05, 0) is 32.4 Å². The highest BCUT2D eigenvalue weighted by Gasteiger charge is 2.28. The van der Waals surface area contributed by atoms with Crippen LogP contribution < -0.4 is 0 Å². The van der Waals surface area contributed by atoms with Gasteiger partial charge in [0.15, 0.2) is 11.6 Å². The van der Waals surface area contributed by atoms with E-state index in [1.165, 1.54) is 4.90 Å². The third kappa shape index (κ3) is 3.91. The molecular weight excluding hydrogens is 324 g/mol. The first-order chi connectivity index (χ1) is 9.63. The summed E-state index contributed by atoms with van der Waals surface area (Å²) in [6.07, 6.45) is 0.631. The highest BCUT2D eigenvalue weighted by atomic mass is 35.7. The van der Waals surface area contributed by atoms with Crippen LogP contribution in [-0.4, -0.2) is 31.8 Å². The second kappa shape index (κ2) is 6.70. The molecule has 0 saturated heterocycles. The molecule has 8 heteroatoms.